The second-order valence-electron chi connectivity index (χ2n) is 5.67. The number of carbonyl (C=O) groups is 1. The van der Waals surface area contributed by atoms with Crippen LogP contribution in [-0.2, 0) is 9.53 Å². The Bertz CT molecular complexity index is 442. The largest absolute Gasteiger partial charge is 0.381 e. The van der Waals surface area contributed by atoms with Crippen LogP contribution in [0, 0.1) is 5.92 Å². The van der Waals surface area contributed by atoms with E-state index in [4.69, 9.17) is 4.74 Å². The second kappa shape index (κ2) is 5.93. The van der Waals surface area contributed by atoms with Gasteiger partial charge in [0.25, 0.3) is 0 Å². The number of ether oxygens (including phenoxy) is 1. The van der Waals surface area contributed by atoms with Crippen molar-refractivity contribution in [2.45, 2.75) is 18.9 Å². The molecule has 6 nitrogen and oxygen atoms in total. The van der Waals surface area contributed by atoms with Crippen LogP contribution < -0.4 is 0 Å². The fraction of sp³-hybridized carbons (Fsp3) is 0.714. The molecule has 1 aromatic heterocycles. The first-order valence-corrected chi connectivity index (χ1v) is 7.32. The monoisotopic (exact) mass is 278 g/mol. The Morgan fingerprint density at radius 2 is 2.40 bits per heavy atom. The Morgan fingerprint density at radius 3 is 3.10 bits per heavy atom. The van der Waals surface area contributed by atoms with Gasteiger partial charge in [0.2, 0.25) is 5.91 Å². The van der Waals surface area contributed by atoms with Crippen molar-refractivity contribution in [2.24, 2.45) is 5.92 Å². The van der Waals surface area contributed by atoms with Crippen molar-refractivity contribution in [3.63, 3.8) is 0 Å². The Hall–Kier alpha value is -1.40. The fourth-order valence-electron chi connectivity index (χ4n) is 3.02. The predicted octanol–water partition coefficient (Wildman–Crippen LogP) is 0.651. The zero-order valence-corrected chi connectivity index (χ0v) is 11.9. The van der Waals surface area contributed by atoms with E-state index in [1.807, 2.05) is 11.1 Å². The van der Waals surface area contributed by atoms with Gasteiger partial charge in [-0.2, -0.15) is 0 Å². The molecule has 3 heterocycles. The maximum Gasteiger partial charge on any atom is 0.228 e. The molecule has 3 rings (SSSR count). The third-order valence-corrected chi connectivity index (χ3v) is 4.30. The van der Waals surface area contributed by atoms with Crippen LogP contribution in [0.3, 0.4) is 0 Å². The lowest BCUT2D eigenvalue weighted by Gasteiger charge is -2.40. The number of nitrogens with one attached hydrogen (secondary N) is 1. The number of imidazole rings is 1. The highest BCUT2D eigenvalue weighted by Gasteiger charge is 2.33. The van der Waals surface area contributed by atoms with Gasteiger partial charge < -0.3 is 14.6 Å². The summed E-state index contributed by atoms with van der Waals surface area (Å²) in [5, 5.41) is 0. The molecule has 6 heteroatoms. The van der Waals surface area contributed by atoms with Crippen LogP contribution >= 0.6 is 0 Å². The highest BCUT2D eigenvalue weighted by Crippen LogP contribution is 2.24. The summed E-state index contributed by atoms with van der Waals surface area (Å²) >= 11 is 0. The molecular formula is C14H22N4O2. The number of piperazine rings is 1. The molecule has 0 bridgehead atoms. The summed E-state index contributed by atoms with van der Waals surface area (Å²) in [5.74, 6) is 1.23. The molecule has 0 saturated carbocycles. The van der Waals surface area contributed by atoms with Crippen LogP contribution in [-0.4, -0.2) is 65.6 Å². The molecular weight excluding hydrogens is 256 g/mol. The maximum atomic E-state index is 12.6. The van der Waals surface area contributed by atoms with E-state index >= 15 is 0 Å². The highest BCUT2D eigenvalue weighted by molar-refractivity contribution is 5.79. The van der Waals surface area contributed by atoms with Crippen LogP contribution in [0.1, 0.15) is 24.7 Å². The molecule has 2 atom stereocenters. The van der Waals surface area contributed by atoms with Gasteiger partial charge in [-0.3, -0.25) is 9.69 Å². The van der Waals surface area contributed by atoms with Crippen molar-refractivity contribution in [2.75, 3.05) is 39.9 Å². The summed E-state index contributed by atoms with van der Waals surface area (Å²) < 4.78 is 5.44. The van der Waals surface area contributed by atoms with E-state index in [1.54, 1.807) is 6.20 Å². The number of amides is 1. The normalized spacial score (nSPS) is 28.6. The zero-order chi connectivity index (χ0) is 13.9. The Kier molecular flexibility index (Phi) is 4.03. The molecule has 2 aliphatic rings. The predicted molar refractivity (Wildman–Crippen MR) is 74.1 cm³/mol. The first-order valence-electron chi connectivity index (χ1n) is 7.32. The third kappa shape index (κ3) is 2.71. The lowest BCUT2D eigenvalue weighted by Crippen LogP contribution is -2.51. The molecule has 2 aliphatic heterocycles. The molecule has 2 unspecified atom stereocenters. The lowest BCUT2D eigenvalue weighted by atomic mass is 9.99. The quantitative estimate of drug-likeness (QED) is 0.863. The van der Waals surface area contributed by atoms with Crippen LogP contribution in [0.2, 0.25) is 0 Å². The minimum atomic E-state index is 0.0457. The SMILES string of the molecule is CN1CCN(C(=O)C2CCCOC2)CC1c1ncc[nH]1. The number of aromatic amines is 1. The summed E-state index contributed by atoms with van der Waals surface area (Å²) in [7, 11) is 2.08. The molecule has 0 spiro atoms. The van der Waals surface area contributed by atoms with Crippen molar-refractivity contribution < 1.29 is 9.53 Å². The molecule has 20 heavy (non-hydrogen) atoms. The van der Waals surface area contributed by atoms with Crippen LogP contribution in [0.25, 0.3) is 0 Å². The molecule has 2 saturated heterocycles. The number of hydrogen-bond acceptors (Lipinski definition) is 4. The smallest absolute Gasteiger partial charge is 0.228 e. The molecule has 110 valence electrons. The molecule has 1 amide bonds. The van der Waals surface area contributed by atoms with Crippen LogP contribution in [0.4, 0.5) is 0 Å². The van der Waals surface area contributed by atoms with Gasteiger partial charge >= 0.3 is 0 Å². The summed E-state index contributed by atoms with van der Waals surface area (Å²) in [6.45, 7) is 3.76. The summed E-state index contributed by atoms with van der Waals surface area (Å²) in [4.78, 5) is 24.3. The van der Waals surface area contributed by atoms with Gasteiger partial charge in [0.15, 0.2) is 0 Å². The molecule has 0 aliphatic carbocycles. The van der Waals surface area contributed by atoms with Gasteiger partial charge in [-0.15, -0.1) is 0 Å². The average molecular weight is 278 g/mol. The fourth-order valence-corrected chi connectivity index (χ4v) is 3.02. The number of carbonyl (C=O) groups excluding carboxylic acids is 1. The Balaban J connectivity index is 1.67. The highest BCUT2D eigenvalue weighted by atomic mass is 16.5. The van der Waals surface area contributed by atoms with E-state index in [9.17, 15) is 4.79 Å². The number of rotatable bonds is 2. The van der Waals surface area contributed by atoms with E-state index in [0.29, 0.717) is 13.2 Å². The molecule has 2 fully saturated rings. The zero-order valence-electron chi connectivity index (χ0n) is 11.9. The standard InChI is InChI=1S/C14H22N4O2/c1-17-6-7-18(9-12(17)13-15-4-5-16-13)14(19)11-3-2-8-20-10-11/h4-5,11-12H,2-3,6-10H2,1H3,(H,15,16). The van der Waals surface area contributed by atoms with E-state index in [1.165, 1.54) is 0 Å². The molecule has 1 N–H and O–H groups in total. The lowest BCUT2D eigenvalue weighted by molar-refractivity contribution is -0.142. The molecule has 0 radical (unpaired) electrons. The van der Waals surface area contributed by atoms with Crippen molar-refractivity contribution in [3.8, 4) is 0 Å². The maximum absolute atomic E-state index is 12.6. The van der Waals surface area contributed by atoms with E-state index in [-0.39, 0.29) is 17.9 Å². The van der Waals surface area contributed by atoms with Gasteiger partial charge in [-0.1, -0.05) is 0 Å². The number of hydrogen-bond donors (Lipinski definition) is 1. The van der Waals surface area contributed by atoms with Crippen molar-refractivity contribution >= 4 is 5.91 Å². The topological polar surface area (TPSA) is 61.5 Å². The van der Waals surface area contributed by atoms with Gasteiger partial charge in [0, 0.05) is 38.6 Å². The summed E-state index contributed by atoms with van der Waals surface area (Å²) in [6.07, 6.45) is 5.54. The third-order valence-electron chi connectivity index (χ3n) is 4.30. The average Bonchev–Trinajstić information content (AvgIpc) is 3.02. The summed E-state index contributed by atoms with van der Waals surface area (Å²) in [6, 6.07) is 0.159. The Morgan fingerprint density at radius 1 is 1.50 bits per heavy atom. The minimum Gasteiger partial charge on any atom is -0.381 e. The van der Waals surface area contributed by atoms with Gasteiger partial charge in [-0.25, -0.2) is 4.98 Å². The number of H-pyrrole nitrogens is 1. The molecule has 0 aromatic carbocycles. The van der Waals surface area contributed by atoms with E-state index in [2.05, 4.69) is 21.9 Å². The van der Waals surface area contributed by atoms with Gasteiger partial charge in [-0.05, 0) is 19.9 Å². The van der Waals surface area contributed by atoms with Gasteiger partial charge in [0.05, 0.1) is 18.6 Å². The number of nitrogens with zero attached hydrogens (tertiary/aromatic N) is 3. The summed E-state index contributed by atoms with van der Waals surface area (Å²) in [5.41, 5.74) is 0. The molecule has 1 aromatic rings. The van der Waals surface area contributed by atoms with E-state index in [0.717, 1.165) is 38.4 Å². The van der Waals surface area contributed by atoms with Gasteiger partial charge in [0.1, 0.15) is 5.82 Å². The first-order chi connectivity index (χ1) is 9.75. The van der Waals surface area contributed by atoms with Crippen LogP contribution in [0.15, 0.2) is 12.4 Å². The van der Waals surface area contributed by atoms with Crippen molar-refractivity contribution in [3.05, 3.63) is 18.2 Å². The Labute approximate surface area is 119 Å². The van der Waals surface area contributed by atoms with Crippen molar-refractivity contribution in [1.82, 2.24) is 19.8 Å². The van der Waals surface area contributed by atoms with E-state index < -0.39 is 0 Å². The first kappa shape index (κ1) is 13.6. The minimum absolute atomic E-state index is 0.0457. The number of aromatic nitrogens is 2. The second-order valence-corrected chi connectivity index (χ2v) is 5.67. The van der Waals surface area contributed by atoms with Crippen LogP contribution in [0.5, 0.6) is 0 Å². The number of likely N-dealkylation sites (N-methyl/N-ethyl adjacent to an activating group) is 1. The van der Waals surface area contributed by atoms with Crippen molar-refractivity contribution in [1.29, 1.82) is 0 Å².